The Balaban J connectivity index is 1.53. The van der Waals surface area contributed by atoms with E-state index < -0.39 is 0 Å². The lowest BCUT2D eigenvalue weighted by molar-refractivity contribution is -0.116. The number of rotatable bonds is 9. The van der Waals surface area contributed by atoms with Gasteiger partial charge in [-0.15, -0.1) is 0 Å². The van der Waals surface area contributed by atoms with Crippen molar-refractivity contribution in [3.05, 3.63) is 54.1 Å². The van der Waals surface area contributed by atoms with E-state index in [0.29, 0.717) is 23.6 Å². The van der Waals surface area contributed by atoms with Crippen LogP contribution in [0, 0.1) is 0 Å². The fraction of sp³-hybridized carbons (Fsp3) is 0.435. The van der Waals surface area contributed by atoms with Crippen LogP contribution in [-0.4, -0.2) is 32.7 Å². The SMILES string of the molecule is COc1ccc(NC(=O)CC(C)NCC2(c3ccccc3)CCC2)c(OC)c1. The summed E-state index contributed by atoms with van der Waals surface area (Å²) in [6, 6.07) is 16.2. The smallest absolute Gasteiger partial charge is 0.226 e. The van der Waals surface area contributed by atoms with E-state index in [1.165, 1.54) is 24.8 Å². The standard InChI is InChI=1S/C23H30N2O3/c1-17(24-16-23(12-7-13-23)18-8-5-4-6-9-18)14-22(26)25-20-11-10-19(27-2)15-21(20)28-3/h4-6,8-11,15,17,24H,7,12-14,16H2,1-3H3,(H,25,26). The van der Waals surface area contributed by atoms with Crippen molar-refractivity contribution in [1.82, 2.24) is 5.32 Å². The molecule has 150 valence electrons. The third-order valence-corrected chi connectivity index (χ3v) is 5.66. The third-order valence-electron chi connectivity index (χ3n) is 5.66. The van der Waals surface area contributed by atoms with E-state index in [1.54, 1.807) is 32.4 Å². The van der Waals surface area contributed by atoms with Gasteiger partial charge in [0.05, 0.1) is 19.9 Å². The first-order valence-electron chi connectivity index (χ1n) is 9.87. The molecule has 1 aliphatic rings. The third kappa shape index (κ3) is 4.65. The van der Waals surface area contributed by atoms with Crippen LogP contribution in [0.2, 0.25) is 0 Å². The number of anilines is 1. The molecule has 0 heterocycles. The topological polar surface area (TPSA) is 59.6 Å². The molecule has 2 N–H and O–H groups in total. The van der Waals surface area contributed by atoms with Crippen LogP contribution in [0.4, 0.5) is 5.69 Å². The van der Waals surface area contributed by atoms with Crippen molar-refractivity contribution in [2.24, 2.45) is 0 Å². The number of benzene rings is 2. The Morgan fingerprint density at radius 2 is 1.86 bits per heavy atom. The van der Waals surface area contributed by atoms with E-state index in [-0.39, 0.29) is 17.4 Å². The van der Waals surface area contributed by atoms with Crippen LogP contribution in [0.25, 0.3) is 0 Å². The van der Waals surface area contributed by atoms with E-state index in [9.17, 15) is 4.79 Å². The van der Waals surface area contributed by atoms with Crippen molar-refractivity contribution in [3.8, 4) is 11.5 Å². The number of carbonyl (C=O) groups excluding carboxylic acids is 1. The second kappa shape index (κ2) is 9.11. The number of amides is 1. The molecule has 0 aliphatic heterocycles. The van der Waals surface area contributed by atoms with Crippen molar-refractivity contribution < 1.29 is 14.3 Å². The number of carbonyl (C=O) groups is 1. The van der Waals surface area contributed by atoms with E-state index >= 15 is 0 Å². The molecule has 0 aromatic heterocycles. The van der Waals surface area contributed by atoms with Gasteiger partial charge in [-0.2, -0.15) is 0 Å². The zero-order valence-corrected chi connectivity index (χ0v) is 17.0. The molecule has 1 unspecified atom stereocenters. The van der Waals surface area contributed by atoms with Gasteiger partial charge in [0.25, 0.3) is 0 Å². The lowest BCUT2D eigenvalue weighted by Gasteiger charge is -2.43. The predicted octanol–water partition coefficient (Wildman–Crippen LogP) is 4.13. The molecule has 0 saturated heterocycles. The zero-order valence-electron chi connectivity index (χ0n) is 17.0. The molecule has 1 aliphatic carbocycles. The number of methoxy groups -OCH3 is 2. The van der Waals surface area contributed by atoms with Crippen LogP contribution >= 0.6 is 0 Å². The maximum atomic E-state index is 12.5. The van der Waals surface area contributed by atoms with Crippen LogP contribution in [0.15, 0.2) is 48.5 Å². The number of ether oxygens (including phenoxy) is 2. The summed E-state index contributed by atoms with van der Waals surface area (Å²) in [4.78, 5) is 12.5. The van der Waals surface area contributed by atoms with E-state index in [0.717, 1.165) is 6.54 Å². The first-order chi connectivity index (χ1) is 13.6. The highest BCUT2D eigenvalue weighted by molar-refractivity contribution is 5.92. The summed E-state index contributed by atoms with van der Waals surface area (Å²) in [5.74, 6) is 1.24. The van der Waals surface area contributed by atoms with E-state index in [4.69, 9.17) is 9.47 Å². The second-order valence-corrected chi connectivity index (χ2v) is 7.60. The quantitative estimate of drug-likeness (QED) is 0.685. The van der Waals surface area contributed by atoms with Crippen molar-refractivity contribution in [2.75, 3.05) is 26.1 Å². The van der Waals surface area contributed by atoms with Gasteiger partial charge < -0.3 is 20.1 Å². The molecule has 1 amide bonds. The summed E-state index contributed by atoms with van der Waals surface area (Å²) < 4.78 is 10.5. The largest absolute Gasteiger partial charge is 0.497 e. The molecule has 0 radical (unpaired) electrons. The lowest BCUT2D eigenvalue weighted by Crippen LogP contribution is -2.46. The molecule has 5 heteroatoms. The Bertz CT molecular complexity index is 788. The average Bonchev–Trinajstić information content (AvgIpc) is 2.68. The van der Waals surface area contributed by atoms with Crippen molar-refractivity contribution in [2.45, 2.75) is 44.1 Å². The van der Waals surface area contributed by atoms with Gasteiger partial charge >= 0.3 is 0 Å². The number of nitrogens with one attached hydrogen (secondary N) is 2. The Labute approximate surface area is 167 Å². The molecule has 1 saturated carbocycles. The van der Waals surface area contributed by atoms with Crippen LogP contribution in [-0.2, 0) is 10.2 Å². The van der Waals surface area contributed by atoms with Crippen LogP contribution in [0.5, 0.6) is 11.5 Å². The fourth-order valence-corrected chi connectivity index (χ4v) is 3.79. The average molecular weight is 383 g/mol. The lowest BCUT2D eigenvalue weighted by atomic mass is 9.64. The maximum Gasteiger partial charge on any atom is 0.226 e. The summed E-state index contributed by atoms with van der Waals surface area (Å²) in [6.45, 7) is 2.96. The minimum Gasteiger partial charge on any atom is -0.497 e. The Morgan fingerprint density at radius 3 is 2.46 bits per heavy atom. The molecule has 2 aromatic carbocycles. The Hall–Kier alpha value is -2.53. The number of hydrogen-bond acceptors (Lipinski definition) is 4. The first-order valence-corrected chi connectivity index (χ1v) is 9.87. The molecule has 0 bridgehead atoms. The fourth-order valence-electron chi connectivity index (χ4n) is 3.79. The highest BCUT2D eigenvalue weighted by Gasteiger charge is 2.38. The van der Waals surface area contributed by atoms with Crippen LogP contribution < -0.4 is 20.1 Å². The van der Waals surface area contributed by atoms with Crippen LogP contribution in [0.1, 0.15) is 38.2 Å². The van der Waals surface area contributed by atoms with Crippen molar-refractivity contribution in [3.63, 3.8) is 0 Å². The highest BCUT2D eigenvalue weighted by atomic mass is 16.5. The van der Waals surface area contributed by atoms with Gasteiger partial charge in [0, 0.05) is 30.5 Å². The normalized spacial score (nSPS) is 16.0. The first kappa shape index (κ1) is 20.2. The Morgan fingerprint density at radius 1 is 1.11 bits per heavy atom. The molecule has 5 nitrogen and oxygen atoms in total. The van der Waals surface area contributed by atoms with Gasteiger partial charge in [-0.3, -0.25) is 4.79 Å². The van der Waals surface area contributed by atoms with Crippen molar-refractivity contribution >= 4 is 11.6 Å². The molecule has 1 fully saturated rings. The van der Waals surface area contributed by atoms with E-state index in [1.807, 2.05) is 0 Å². The molecule has 3 rings (SSSR count). The summed E-state index contributed by atoms with van der Waals surface area (Å²) in [7, 11) is 3.18. The maximum absolute atomic E-state index is 12.5. The zero-order chi connectivity index (χ0) is 20.0. The van der Waals surface area contributed by atoms with Gasteiger partial charge in [0.1, 0.15) is 11.5 Å². The predicted molar refractivity (Wildman–Crippen MR) is 112 cm³/mol. The van der Waals surface area contributed by atoms with Gasteiger partial charge in [0.15, 0.2) is 0 Å². The van der Waals surface area contributed by atoms with Crippen molar-refractivity contribution in [1.29, 1.82) is 0 Å². The molecule has 1 atom stereocenters. The number of hydrogen-bond donors (Lipinski definition) is 2. The molecule has 28 heavy (non-hydrogen) atoms. The summed E-state index contributed by atoms with van der Waals surface area (Å²) in [5, 5.41) is 6.52. The minimum atomic E-state index is -0.0363. The summed E-state index contributed by atoms with van der Waals surface area (Å²) >= 11 is 0. The molecule has 2 aromatic rings. The molecular weight excluding hydrogens is 352 g/mol. The van der Waals surface area contributed by atoms with Gasteiger partial charge in [0.2, 0.25) is 5.91 Å². The minimum absolute atomic E-state index is 0.0363. The molecular formula is C23H30N2O3. The summed E-state index contributed by atoms with van der Waals surface area (Å²) in [6.07, 6.45) is 4.07. The second-order valence-electron chi connectivity index (χ2n) is 7.60. The van der Waals surface area contributed by atoms with Gasteiger partial charge in [-0.25, -0.2) is 0 Å². The molecule has 0 spiro atoms. The van der Waals surface area contributed by atoms with Gasteiger partial charge in [-0.1, -0.05) is 36.8 Å². The van der Waals surface area contributed by atoms with Gasteiger partial charge in [-0.05, 0) is 37.5 Å². The Kier molecular flexibility index (Phi) is 6.57. The highest BCUT2D eigenvalue weighted by Crippen LogP contribution is 2.43. The summed E-state index contributed by atoms with van der Waals surface area (Å²) in [5.41, 5.74) is 2.26. The van der Waals surface area contributed by atoms with E-state index in [2.05, 4.69) is 47.9 Å². The monoisotopic (exact) mass is 382 g/mol. The van der Waals surface area contributed by atoms with Crippen LogP contribution in [0.3, 0.4) is 0 Å².